The zero-order chi connectivity index (χ0) is 12.3. The predicted octanol–water partition coefficient (Wildman–Crippen LogP) is 4.48. The Hall–Kier alpha value is -0.520. The van der Waals surface area contributed by atoms with Crippen LogP contribution >= 0.6 is 43.6 Å². The molecule has 5 heteroatoms. The first-order chi connectivity index (χ1) is 8.16. The van der Waals surface area contributed by atoms with Crippen LogP contribution in [0.3, 0.4) is 0 Å². The van der Waals surface area contributed by atoms with Crippen LogP contribution < -0.4 is 5.73 Å². The highest BCUT2D eigenvalue weighted by Gasteiger charge is 2.05. The first kappa shape index (κ1) is 12.9. The Balaban J connectivity index is 2.10. The number of hydrogen-bond acceptors (Lipinski definition) is 3. The van der Waals surface area contributed by atoms with Crippen molar-refractivity contribution in [3.05, 3.63) is 51.0 Å². The van der Waals surface area contributed by atoms with Crippen molar-refractivity contribution >= 4 is 49.3 Å². The number of aromatic nitrogens is 1. The third kappa shape index (κ3) is 3.47. The molecule has 2 N–H and O–H groups in total. The summed E-state index contributed by atoms with van der Waals surface area (Å²) in [6, 6.07) is 9.82. The van der Waals surface area contributed by atoms with Crippen molar-refractivity contribution in [2.24, 2.45) is 0 Å². The summed E-state index contributed by atoms with van der Waals surface area (Å²) in [4.78, 5) is 4.31. The summed E-state index contributed by atoms with van der Waals surface area (Å²) in [5.74, 6) is 0.807. The van der Waals surface area contributed by atoms with E-state index in [1.54, 1.807) is 18.0 Å². The zero-order valence-electron chi connectivity index (χ0n) is 8.86. The van der Waals surface area contributed by atoms with Gasteiger partial charge >= 0.3 is 0 Å². The van der Waals surface area contributed by atoms with Crippen molar-refractivity contribution in [2.45, 2.75) is 10.8 Å². The van der Waals surface area contributed by atoms with Crippen LogP contribution in [0.25, 0.3) is 0 Å². The van der Waals surface area contributed by atoms with Crippen LogP contribution in [0.5, 0.6) is 0 Å². The minimum absolute atomic E-state index is 0.807. The Labute approximate surface area is 121 Å². The molecule has 0 radical (unpaired) electrons. The molecule has 88 valence electrons. The fourth-order valence-corrected chi connectivity index (χ4v) is 3.17. The zero-order valence-corrected chi connectivity index (χ0v) is 12.8. The van der Waals surface area contributed by atoms with Gasteiger partial charge in [-0.15, -0.1) is 11.8 Å². The Morgan fingerprint density at radius 2 is 2.00 bits per heavy atom. The van der Waals surface area contributed by atoms with Crippen LogP contribution in [0, 0.1) is 0 Å². The fourth-order valence-electron chi connectivity index (χ4n) is 1.32. The molecule has 2 nitrogen and oxygen atoms in total. The first-order valence-electron chi connectivity index (χ1n) is 4.94. The molecule has 0 unspecified atom stereocenters. The van der Waals surface area contributed by atoms with E-state index in [0.717, 1.165) is 31.0 Å². The second-order valence-corrected chi connectivity index (χ2v) is 6.18. The molecule has 0 bridgehead atoms. The van der Waals surface area contributed by atoms with Crippen LogP contribution in [0.1, 0.15) is 5.56 Å². The molecule has 17 heavy (non-hydrogen) atoms. The summed E-state index contributed by atoms with van der Waals surface area (Å²) >= 11 is 8.55. The second-order valence-electron chi connectivity index (χ2n) is 3.41. The smallest absolute Gasteiger partial charge is 0.0963 e. The van der Waals surface area contributed by atoms with Gasteiger partial charge < -0.3 is 5.73 Å². The number of anilines is 1. The number of halogens is 2. The van der Waals surface area contributed by atoms with Crippen LogP contribution in [0.4, 0.5) is 5.69 Å². The normalized spacial score (nSPS) is 10.5. The highest BCUT2D eigenvalue weighted by molar-refractivity contribution is 9.10. The van der Waals surface area contributed by atoms with E-state index in [9.17, 15) is 0 Å². The molecule has 1 heterocycles. The van der Waals surface area contributed by atoms with Gasteiger partial charge in [-0.25, -0.2) is 4.98 Å². The average Bonchev–Trinajstić information content (AvgIpc) is 2.31. The molecule has 0 spiro atoms. The lowest BCUT2D eigenvalue weighted by atomic mass is 10.2. The highest BCUT2D eigenvalue weighted by Crippen LogP contribution is 2.29. The number of nitrogen functional groups attached to an aromatic ring is 1. The van der Waals surface area contributed by atoms with Crippen molar-refractivity contribution in [3.8, 4) is 0 Å². The summed E-state index contributed by atoms with van der Waals surface area (Å²) < 4.78 is 2.03. The van der Waals surface area contributed by atoms with Gasteiger partial charge in [-0.2, -0.15) is 0 Å². The average molecular weight is 374 g/mol. The number of nitrogens with two attached hydrogens (primary N) is 1. The molecule has 1 aromatic heterocycles. The minimum Gasteiger partial charge on any atom is -0.398 e. The maximum absolute atomic E-state index is 5.94. The van der Waals surface area contributed by atoms with Crippen LogP contribution in [0.15, 0.2) is 50.5 Å². The van der Waals surface area contributed by atoms with Gasteiger partial charge in [-0.1, -0.05) is 22.0 Å². The van der Waals surface area contributed by atoms with Gasteiger partial charge in [0.15, 0.2) is 0 Å². The van der Waals surface area contributed by atoms with Gasteiger partial charge in [0.25, 0.3) is 0 Å². The van der Waals surface area contributed by atoms with E-state index in [1.807, 2.05) is 30.3 Å². The van der Waals surface area contributed by atoms with Gasteiger partial charge in [-0.3, -0.25) is 0 Å². The first-order valence-corrected chi connectivity index (χ1v) is 7.51. The summed E-state index contributed by atoms with van der Waals surface area (Å²) in [7, 11) is 0. The third-order valence-corrected chi connectivity index (χ3v) is 4.40. The molecule has 1 aromatic carbocycles. The number of benzene rings is 1. The standard InChI is InChI=1S/C12H10Br2N2S/c13-8-4-5-12(16-6-8)17-7-9-10(14)2-1-3-11(9)15/h1-6H,7,15H2. The third-order valence-electron chi connectivity index (χ3n) is 2.22. The fraction of sp³-hybridized carbons (Fsp3) is 0.0833. The van der Waals surface area contributed by atoms with Crippen molar-refractivity contribution in [3.63, 3.8) is 0 Å². The maximum atomic E-state index is 5.94. The second kappa shape index (κ2) is 5.89. The Morgan fingerprint density at radius 3 is 2.65 bits per heavy atom. The van der Waals surface area contributed by atoms with E-state index in [-0.39, 0.29) is 0 Å². The molecule has 2 rings (SSSR count). The van der Waals surface area contributed by atoms with Crippen molar-refractivity contribution in [1.29, 1.82) is 0 Å². The van der Waals surface area contributed by atoms with Gasteiger partial charge in [0.05, 0.1) is 5.03 Å². The van der Waals surface area contributed by atoms with E-state index < -0.39 is 0 Å². The Morgan fingerprint density at radius 1 is 1.18 bits per heavy atom. The molecule has 0 atom stereocenters. The van der Waals surface area contributed by atoms with Crippen LogP contribution in [-0.4, -0.2) is 4.98 Å². The number of pyridine rings is 1. The van der Waals surface area contributed by atoms with E-state index in [1.165, 1.54) is 0 Å². The Kier molecular flexibility index (Phi) is 4.48. The molecule has 0 aliphatic carbocycles. The molecule has 0 saturated carbocycles. The monoisotopic (exact) mass is 372 g/mol. The summed E-state index contributed by atoms with van der Waals surface area (Å²) in [6.07, 6.45) is 1.80. The van der Waals surface area contributed by atoms with Crippen LogP contribution in [-0.2, 0) is 5.75 Å². The summed E-state index contributed by atoms with van der Waals surface area (Å²) in [6.45, 7) is 0. The lowest BCUT2D eigenvalue weighted by Gasteiger charge is -2.07. The number of rotatable bonds is 3. The van der Waals surface area contributed by atoms with Crippen molar-refractivity contribution < 1.29 is 0 Å². The molecule has 2 aromatic rings. The highest BCUT2D eigenvalue weighted by atomic mass is 79.9. The molecule has 0 saturated heterocycles. The van der Waals surface area contributed by atoms with Crippen molar-refractivity contribution in [2.75, 3.05) is 5.73 Å². The summed E-state index contributed by atoms with van der Waals surface area (Å²) in [5, 5.41) is 0.989. The van der Waals surface area contributed by atoms with E-state index in [2.05, 4.69) is 36.8 Å². The number of thioether (sulfide) groups is 1. The van der Waals surface area contributed by atoms with Gasteiger partial charge in [0, 0.05) is 26.6 Å². The molecule has 0 aliphatic heterocycles. The number of hydrogen-bond donors (Lipinski definition) is 1. The number of nitrogens with zero attached hydrogens (tertiary/aromatic N) is 1. The molecule has 0 aliphatic rings. The molecule has 0 amide bonds. The van der Waals surface area contributed by atoms with E-state index >= 15 is 0 Å². The predicted molar refractivity (Wildman–Crippen MR) is 80.1 cm³/mol. The van der Waals surface area contributed by atoms with E-state index in [0.29, 0.717) is 0 Å². The topological polar surface area (TPSA) is 38.9 Å². The quantitative estimate of drug-likeness (QED) is 0.636. The van der Waals surface area contributed by atoms with E-state index in [4.69, 9.17) is 5.73 Å². The van der Waals surface area contributed by atoms with Crippen molar-refractivity contribution in [1.82, 2.24) is 4.98 Å². The lowest BCUT2D eigenvalue weighted by Crippen LogP contribution is -1.93. The lowest BCUT2D eigenvalue weighted by molar-refractivity contribution is 1.12. The van der Waals surface area contributed by atoms with Gasteiger partial charge in [0.1, 0.15) is 0 Å². The van der Waals surface area contributed by atoms with Gasteiger partial charge in [-0.05, 0) is 45.8 Å². The largest absolute Gasteiger partial charge is 0.398 e. The molecular formula is C12H10Br2N2S. The molecular weight excluding hydrogens is 364 g/mol. The SMILES string of the molecule is Nc1cccc(Br)c1CSc1ccc(Br)cn1. The van der Waals surface area contributed by atoms with Crippen LogP contribution in [0.2, 0.25) is 0 Å². The minimum atomic E-state index is 0.807. The molecule has 0 fully saturated rings. The Bertz CT molecular complexity index is 494. The van der Waals surface area contributed by atoms with Gasteiger partial charge in [0.2, 0.25) is 0 Å². The summed E-state index contributed by atoms with van der Waals surface area (Å²) in [5.41, 5.74) is 7.86. The maximum Gasteiger partial charge on any atom is 0.0963 e.